The van der Waals surface area contributed by atoms with Gasteiger partial charge in [-0.05, 0) is 18.2 Å². The largest absolute Gasteiger partial charge is 0.480 e. The number of carboxylic acids is 1. The molecule has 15 heavy (non-hydrogen) atoms. The third-order valence-electron chi connectivity index (χ3n) is 1.65. The molecule has 1 aromatic carbocycles. The number of rotatable bonds is 3. The molecule has 0 saturated carbocycles. The Balaban J connectivity index is 3.12. The normalized spacial score (nSPS) is 8.67. The zero-order valence-corrected chi connectivity index (χ0v) is 7.73. The fraction of sp³-hybridized carbons (Fsp3) is 0.0909. The average molecular weight is 201 g/mol. The molecule has 0 fully saturated rings. The molecule has 0 saturated heterocycles. The standard InChI is InChI=1S/C11H7NO3/c1-2-5-15-10-4-3-8(7-12)6-9(10)11(13)14/h1,3-4,6H,5H2,(H,13,14). The third-order valence-corrected chi connectivity index (χ3v) is 1.65. The van der Waals surface area contributed by atoms with Crippen molar-refractivity contribution < 1.29 is 14.6 Å². The minimum Gasteiger partial charge on any atom is -0.480 e. The molecule has 4 nitrogen and oxygen atoms in total. The van der Waals surface area contributed by atoms with E-state index in [4.69, 9.17) is 21.5 Å². The number of nitriles is 1. The molecule has 0 aliphatic carbocycles. The van der Waals surface area contributed by atoms with Crippen LogP contribution in [0.4, 0.5) is 0 Å². The van der Waals surface area contributed by atoms with Gasteiger partial charge in [-0.1, -0.05) is 5.92 Å². The van der Waals surface area contributed by atoms with Gasteiger partial charge in [-0.25, -0.2) is 4.79 Å². The van der Waals surface area contributed by atoms with Gasteiger partial charge < -0.3 is 9.84 Å². The molecule has 0 bridgehead atoms. The number of aromatic carboxylic acids is 1. The van der Waals surface area contributed by atoms with Gasteiger partial charge in [-0.15, -0.1) is 6.42 Å². The van der Waals surface area contributed by atoms with Crippen LogP contribution in [-0.2, 0) is 0 Å². The van der Waals surface area contributed by atoms with Gasteiger partial charge in [0.05, 0.1) is 11.6 Å². The minimum absolute atomic E-state index is 0.00776. The van der Waals surface area contributed by atoms with Crippen molar-refractivity contribution in [3.05, 3.63) is 29.3 Å². The first-order valence-electron chi connectivity index (χ1n) is 4.02. The first kappa shape index (κ1) is 10.6. The topological polar surface area (TPSA) is 70.3 Å². The van der Waals surface area contributed by atoms with Gasteiger partial charge in [0.25, 0.3) is 0 Å². The van der Waals surface area contributed by atoms with E-state index in [-0.39, 0.29) is 23.5 Å². The van der Waals surface area contributed by atoms with Crippen LogP contribution in [0.25, 0.3) is 0 Å². The Morgan fingerprint density at radius 1 is 1.60 bits per heavy atom. The molecule has 0 amide bonds. The molecule has 0 aliphatic heterocycles. The van der Waals surface area contributed by atoms with Crippen LogP contribution in [0.5, 0.6) is 5.75 Å². The number of terminal acetylenes is 1. The predicted molar refractivity (Wildman–Crippen MR) is 52.4 cm³/mol. The fourth-order valence-electron chi connectivity index (χ4n) is 1.01. The lowest BCUT2D eigenvalue weighted by molar-refractivity contribution is 0.0693. The van der Waals surface area contributed by atoms with Crippen molar-refractivity contribution in [3.63, 3.8) is 0 Å². The molecule has 0 radical (unpaired) electrons. The van der Waals surface area contributed by atoms with E-state index in [0.717, 1.165) is 0 Å². The second-order valence-corrected chi connectivity index (χ2v) is 2.62. The van der Waals surface area contributed by atoms with Crippen LogP contribution in [0.2, 0.25) is 0 Å². The molecule has 0 unspecified atom stereocenters. The summed E-state index contributed by atoms with van der Waals surface area (Å²) in [5.74, 6) is 1.24. The van der Waals surface area contributed by atoms with Gasteiger partial charge in [-0.3, -0.25) is 0 Å². The number of carbonyl (C=O) groups is 1. The van der Waals surface area contributed by atoms with Gasteiger partial charge in [0.1, 0.15) is 17.9 Å². The highest BCUT2D eigenvalue weighted by Gasteiger charge is 2.11. The second-order valence-electron chi connectivity index (χ2n) is 2.62. The summed E-state index contributed by atoms with van der Waals surface area (Å²) < 4.78 is 5.02. The minimum atomic E-state index is -1.15. The number of carboxylic acid groups (broad SMARTS) is 1. The maximum absolute atomic E-state index is 10.8. The Bertz CT molecular complexity index is 466. The quantitative estimate of drug-likeness (QED) is 0.747. The predicted octanol–water partition coefficient (Wildman–Crippen LogP) is 1.27. The van der Waals surface area contributed by atoms with Gasteiger partial charge >= 0.3 is 5.97 Å². The summed E-state index contributed by atoms with van der Waals surface area (Å²) in [6, 6.07) is 5.98. The lowest BCUT2D eigenvalue weighted by Crippen LogP contribution is -2.03. The van der Waals surface area contributed by atoms with Gasteiger partial charge in [0, 0.05) is 0 Å². The lowest BCUT2D eigenvalue weighted by atomic mass is 10.1. The number of hydrogen-bond donors (Lipinski definition) is 1. The molecule has 1 N–H and O–H groups in total. The van der Waals surface area contributed by atoms with E-state index < -0.39 is 5.97 Å². The van der Waals surface area contributed by atoms with Crippen LogP contribution >= 0.6 is 0 Å². The smallest absolute Gasteiger partial charge is 0.339 e. The van der Waals surface area contributed by atoms with Crippen LogP contribution in [0.3, 0.4) is 0 Å². The zero-order chi connectivity index (χ0) is 11.3. The summed E-state index contributed by atoms with van der Waals surface area (Å²) >= 11 is 0. The van der Waals surface area contributed by atoms with Gasteiger partial charge in [-0.2, -0.15) is 5.26 Å². The zero-order valence-electron chi connectivity index (χ0n) is 7.73. The van der Waals surface area contributed by atoms with Crippen molar-refractivity contribution in [2.75, 3.05) is 6.61 Å². The molecular weight excluding hydrogens is 194 g/mol. The van der Waals surface area contributed by atoms with Crippen molar-refractivity contribution in [1.29, 1.82) is 5.26 Å². The fourth-order valence-corrected chi connectivity index (χ4v) is 1.01. The van der Waals surface area contributed by atoms with Crippen LogP contribution in [0.15, 0.2) is 18.2 Å². The molecule has 0 atom stereocenters. The number of ether oxygens (including phenoxy) is 1. The number of benzene rings is 1. The average Bonchev–Trinajstić information content (AvgIpc) is 2.26. The summed E-state index contributed by atoms with van der Waals surface area (Å²) in [5, 5.41) is 17.4. The Kier molecular flexibility index (Phi) is 3.32. The van der Waals surface area contributed by atoms with Crippen LogP contribution in [-0.4, -0.2) is 17.7 Å². The number of nitrogens with zero attached hydrogens (tertiary/aromatic N) is 1. The van der Waals surface area contributed by atoms with Crippen molar-refractivity contribution in [2.24, 2.45) is 0 Å². The summed E-state index contributed by atoms with van der Waals surface area (Å²) in [4.78, 5) is 10.8. The van der Waals surface area contributed by atoms with Crippen LogP contribution in [0, 0.1) is 23.7 Å². The van der Waals surface area contributed by atoms with Crippen molar-refractivity contribution in [2.45, 2.75) is 0 Å². The molecule has 0 heterocycles. The highest BCUT2D eigenvalue weighted by atomic mass is 16.5. The molecule has 1 rings (SSSR count). The van der Waals surface area contributed by atoms with E-state index in [9.17, 15) is 4.79 Å². The van der Waals surface area contributed by atoms with Gasteiger partial charge in [0.2, 0.25) is 0 Å². The molecule has 0 aromatic heterocycles. The highest BCUT2D eigenvalue weighted by Crippen LogP contribution is 2.19. The molecule has 4 heteroatoms. The second kappa shape index (κ2) is 4.69. The van der Waals surface area contributed by atoms with Crippen LogP contribution in [0.1, 0.15) is 15.9 Å². The Morgan fingerprint density at radius 2 is 2.33 bits per heavy atom. The highest BCUT2D eigenvalue weighted by molar-refractivity contribution is 5.91. The summed E-state index contributed by atoms with van der Waals surface area (Å²) in [6.07, 6.45) is 4.98. The van der Waals surface area contributed by atoms with Crippen LogP contribution < -0.4 is 4.74 Å². The first-order chi connectivity index (χ1) is 7.19. The van der Waals surface area contributed by atoms with Crippen molar-refractivity contribution in [3.8, 4) is 24.2 Å². The van der Waals surface area contributed by atoms with Crippen molar-refractivity contribution in [1.82, 2.24) is 0 Å². The molecule has 0 aliphatic rings. The van der Waals surface area contributed by atoms with E-state index >= 15 is 0 Å². The van der Waals surface area contributed by atoms with E-state index in [1.54, 1.807) is 0 Å². The molecule has 0 spiro atoms. The number of hydrogen-bond acceptors (Lipinski definition) is 3. The Morgan fingerprint density at radius 3 is 2.87 bits per heavy atom. The van der Waals surface area contributed by atoms with E-state index in [1.807, 2.05) is 6.07 Å². The Labute approximate surface area is 86.7 Å². The van der Waals surface area contributed by atoms with Gasteiger partial charge in [0.15, 0.2) is 0 Å². The maximum Gasteiger partial charge on any atom is 0.339 e. The Hall–Kier alpha value is -2.46. The van der Waals surface area contributed by atoms with E-state index in [0.29, 0.717) is 0 Å². The molecule has 1 aromatic rings. The monoisotopic (exact) mass is 201 g/mol. The maximum atomic E-state index is 10.8. The lowest BCUT2D eigenvalue weighted by Gasteiger charge is -2.05. The SMILES string of the molecule is C#CCOc1ccc(C#N)cc1C(=O)O. The molecule has 74 valence electrons. The summed E-state index contributed by atoms with van der Waals surface area (Å²) in [7, 11) is 0. The summed E-state index contributed by atoms with van der Waals surface area (Å²) in [6.45, 7) is -0.00776. The van der Waals surface area contributed by atoms with Crippen molar-refractivity contribution >= 4 is 5.97 Å². The third kappa shape index (κ3) is 2.49. The van der Waals surface area contributed by atoms with E-state index in [2.05, 4.69) is 5.92 Å². The molecular formula is C11H7NO3. The summed E-state index contributed by atoms with van der Waals surface area (Å²) in [5.41, 5.74) is 0.199. The van der Waals surface area contributed by atoms with E-state index in [1.165, 1.54) is 18.2 Å². The first-order valence-corrected chi connectivity index (χ1v) is 4.02.